The molecule has 9 nitrogen and oxygen atoms in total. The molecule has 11 heteroatoms. The van der Waals surface area contributed by atoms with Gasteiger partial charge in [-0.15, -0.1) is 0 Å². The highest BCUT2D eigenvalue weighted by molar-refractivity contribution is 7.92. The molecule has 5 aromatic rings. The van der Waals surface area contributed by atoms with Crippen LogP contribution in [-0.4, -0.2) is 65.1 Å². The first-order valence-electron chi connectivity index (χ1n) is 12.3. The van der Waals surface area contributed by atoms with E-state index in [1.165, 1.54) is 6.07 Å². The van der Waals surface area contributed by atoms with E-state index in [0.29, 0.717) is 16.7 Å². The van der Waals surface area contributed by atoms with Crippen molar-refractivity contribution in [2.45, 2.75) is 6.54 Å². The van der Waals surface area contributed by atoms with Gasteiger partial charge in [-0.2, -0.15) is 0 Å². The fourth-order valence-corrected chi connectivity index (χ4v) is 5.37. The Morgan fingerprint density at radius 3 is 2.50 bits per heavy atom. The number of halogens is 1. The van der Waals surface area contributed by atoms with E-state index in [0.717, 1.165) is 55.9 Å². The highest BCUT2D eigenvalue weighted by Crippen LogP contribution is 2.30. The van der Waals surface area contributed by atoms with Gasteiger partial charge in [0.25, 0.3) is 0 Å². The molecule has 0 saturated carbocycles. The maximum absolute atomic E-state index is 14.6. The van der Waals surface area contributed by atoms with Crippen LogP contribution in [0.4, 0.5) is 16.2 Å². The fourth-order valence-electron chi connectivity index (χ4n) is 4.89. The van der Waals surface area contributed by atoms with Gasteiger partial charge in [-0.1, -0.05) is 36.4 Å². The molecule has 2 aromatic carbocycles. The van der Waals surface area contributed by atoms with E-state index in [1.807, 2.05) is 42.6 Å². The second kappa shape index (κ2) is 9.66. The number of sulfonamides is 1. The molecule has 1 saturated heterocycles. The van der Waals surface area contributed by atoms with Gasteiger partial charge >= 0.3 is 0 Å². The number of fused-ring (bicyclic) bond motifs is 3. The van der Waals surface area contributed by atoms with Crippen LogP contribution in [0, 0.1) is 5.82 Å². The molecule has 0 bridgehead atoms. The Kier molecular flexibility index (Phi) is 6.16. The lowest BCUT2D eigenvalue weighted by Crippen LogP contribution is -2.46. The summed E-state index contributed by atoms with van der Waals surface area (Å²) in [5.41, 5.74) is 3.17. The zero-order valence-electron chi connectivity index (χ0n) is 20.7. The van der Waals surface area contributed by atoms with Gasteiger partial charge in [0.1, 0.15) is 22.8 Å². The van der Waals surface area contributed by atoms with Crippen LogP contribution in [0.15, 0.2) is 73.1 Å². The molecule has 0 spiro atoms. The summed E-state index contributed by atoms with van der Waals surface area (Å²) < 4.78 is 42.7. The second-order valence-electron chi connectivity index (χ2n) is 9.37. The molecule has 0 unspecified atom stereocenters. The highest BCUT2D eigenvalue weighted by Gasteiger charge is 2.21. The number of aromatic nitrogens is 4. The highest BCUT2D eigenvalue weighted by atomic mass is 32.2. The molecule has 0 aliphatic carbocycles. The number of hydrogen-bond acceptors (Lipinski definition) is 7. The number of piperazine rings is 1. The maximum Gasteiger partial charge on any atom is 0.232 e. The molecule has 4 heterocycles. The minimum Gasteiger partial charge on any atom is -0.354 e. The summed E-state index contributed by atoms with van der Waals surface area (Å²) in [5.74, 6) is 0.436. The molecule has 1 N–H and O–H groups in total. The van der Waals surface area contributed by atoms with Crippen molar-refractivity contribution in [3.05, 3.63) is 84.4 Å². The Morgan fingerprint density at radius 2 is 1.74 bits per heavy atom. The number of hydrogen-bond donors (Lipinski definition) is 1. The Labute approximate surface area is 219 Å². The first-order valence-corrected chi connectivity index (χ1v) is 14.2. The van der Waals surface area contributed by atoms with Gasteiger partial charge in [-0.3, -0.25) is 14.0 Å². The molecule has 0 amide bonds. The molecule has 38 heavy (non-hydrogen) atoms. The van der Waals surface area contributed by atoms with Crippen molar-refractivity contribution in [2.75, 3.05) is 42.1 Å². The predicted octanol–water partition coefficient (Wildman–Crippen LogP) is 3.78. The predicted molar refractivity (Wildman–Crippen MR) is 146 cm³/mol. The number of imidazole rings is 1. The molecule has 1 aliphatic rings. The number of benzene rings is 2. The summed E-state index contributed by atoms with van der Waals surface area (Å²) in [6, 6.07) is 18.6. The normalized spacial score (nSPS) is 14.8. The van der Waals surface area contributed by atoms with Gasteiger partial charge in [0.05, 0.1) is 11.9 Å². The standard InChI is InChI=1S/C27H26FN7O2S/c1-38(36,37)32-27-31-25-21(9-6-10-22(25)28)26-30-23(18-35(26)27)20-8-3-2-7-19(20)17-33-13-15-34(16-14-33)24-11-4-5-12-29-24/h2-12,18H,13-17H2,1H3,(H,31,32). The SMILES string of the molecule is CS(=O)(=O)Nc1nc2c(F)cccc2c2nc(-c3ccccc3CN3CCN(c4ccccn4)CC3)cn12. The van der Waals surface area contributed by atoms with Gasteiger partial charge < -0.3 is 4.90 Å². The summed E-state index contributed by atoms with van der Waals surface area (Å²) >= 11 is 0. The molecule has 1 aliphatic heterocycles. The molecule has 0 radical (unpaired) electrons. The Bertz CT molecular complexity index is 1730. The first-order chi connectivity index (χ1) is 18.4. The van der Waals surface area contributed by atoms with Gasteiger partial charge in [-0.05, 0) is 29.8 Å². The Hall–Kier alpha value is -4.09. The summed E-state index contributed by atoms with van der Waals surface area (Å²) in [6.07, 6.45) is 4.60. The van der Waals surface area contributed by atoms with E-state index in [4.69, 9.17) is 4.98 Å². The molecule has 194 valence electrons. The fraction of sp³-hybridized carbons (Fsp3) is 0.222. The Balaban J connectivity index is 1.34. The van der Waals surface area contributed by atoms with Crippen molar-refractivity contribution in [3.63, 3.8) is 0 Å². The number of nitrogens with one attached hydrogen (secondary N) is 1. The molecule has 6 rings (SSSR count). The van der Waals surface area contributed by atoms with Gasteiger partial charge in [0.2, 0.25) is 16.0 Å². The number of anilines is 2. The summed E-state index contributed by atoms with van der Waals surface area (Å²) in [6.45, 7) is 4.30. The minimum atomic E-state index is -3.66. The van der Waals surface area contributed by atoms with Crippen LogP contribution >= 0.6 is 0 Å². The molecule has 1 fully saturated rings. The van der Waals surface area contributed by atoms with E-state index in [1.54, 1.807) is 22.7 Å². The lowest BCUT2D eigenvalue weighted by molar-refractivity contribution is 0.249. The van der Waals surface area contributed by atoms with Crippen molar-refractivity contribution in [1.29, 1.82) is 0 Å². The number of nitrogens with zero attached hydrogens (tertiary/aromatic N) is 6. The summed E-state index contributed by atoms with van der Waals surface area (Å²) in [5, 5.41) is 0.499. The van der Waals surface area contributed by atoms with Crippen molar-refractivity contribution in [2.24, 2.45) is 0 Å². The molecule has 0 atom stereocenters. The lowest BCUT2D eigenvalue weighted by atomic mass is 10.0. The van der Waals surface area contributed by atoms with E-state index in [-0.39, 0.29) is 11.5 Å². The summed E-state index contributed by atoms with van der Waals surface area (Å²) in [7, 11) is -3.66. The van der Waals surface area contributed by atoms with Gasteiger partial charge in [0, 0.05) is 56.1 Å². The maximum atomic E-state index is 14.6. The van der Waals surface area contributed by atoms with E-state index < -0.39 is 15.8 Å². The smallest absolute Gasteiger partial charge is 0.232 e. The third kappa shape index (κ3) is 4.77. The zero-order chi connectivity index (χ0) is 26.3. The van der Waals surface area contributed by atoms with Gasteiger partial charge in [0.15, 0.2) is 0 Å². The monoisotopic (exact) mass is 531 g/mol. The first kappa shape index (κ1) is 24.3. The topological polar surface area (TPSA) is 95.7 Å². The average Bonchev–Trinajstić information content (AvgIpc) is 3.36. The number of para-hydroxylation sites is 1. The van der Waals surface area contributed by atoms with Crippen molar-refractivity contribution < 1.29 is 12.8 Å². The van der Waals surface area contributed by atoms with E-state index in [2.05, 4.69) is 30.6 Å². The molecule has 3 aromatic heterocycles. The van der Waals surface area contributed by atoms with Crippen molar-refractivity contribution in [1.82, 2.24) is 24.3 Å². The lowest BCUT2D eigenvalue weighted by Gasteiger charge is -2.35. The van der Waals surface area contributed by atoms with Crippen LogP contribution in [0.2, 0.25) is 0 Å². The molecular formula is C27H26FN7O2S. The molecular weight excluding hydrogens is 505 g/mol. The summed E-state index contributed by atoms with van der Waals surface area (Å²) in [4.78, 5) is 18.3. The van der Waals surface area contributed by atoms with Crippen LogP contribution in [0.1, 0.15) is 5.56 Å². The van der Waals surface area contributed by atoms with Crippen LogP contribution in [0.5, 0.6) is 0 Å². The average molecular weight is 532 g/mol. The van der Waals surface area contributed by atoms with Crippen LogP contribution in [0.25, 0.3) is 27.8 Å². The third-order valence-corrected chi connectivity index (χ3v) is 7.24. The second-order valence-corrected chi connectivity index (χ2v) is 11.1. The quantitative estimate of drug-likeness (QED) is 0.356. The number of pyridine rings is 1. The number of rotatable bonds is 6. The van der Waals surface area contributed by atoms with Gasteiger partial charge in [-0.25, -0.2) is 27.8 Å². The third-order valence-electron chi connectivity index (χ3n) is 6.69. The van der Waals surface area contributed by atoms with Crippen LogP contribution < -0.4 is 9.62 Å². The van der Waals surface area contributed by atoms with E-state index in [9.17, 15) is 12.8 Å². The van der Waals surface area contributed by atoms with Crippen molar-refractivity contribution >= 4 is 38.3 Å². The van der Waals surface area contributed by atoms with Crippen LogP contribution in [-0.2, 0) is 16.6 Å². The minimum absolute atomic E-state index is 0.0121. The Morgan fingerprint density at radius 1 is 0.947 bits per heavy atom. The van der Waals surface area contributed by atoms with Crippen molar-refractivity contribution in [3.8, 4) is 11.3 Å². The largest absolute Gasteiger partial charge is 0.354 e. The van der Waals surface area contributed by atoms with Crippen LogP contribution in [0.3, 0.4) is 0 Å². The zero-order valence-corrected chi connectivity index (χ0v) is 21.6. The van der Waals surface area contributed by atoms with E-state index >= 15 is 0 Å².